The van der Waals surface area contributed by atoms with Crippen LogP contribution in [0.5, 0.6) is 0 Å². The second kappa shape index (κ2) is 6.92. The van der Waals surface area contributed by atoms with Crippen LogP contribution in [0.25, 0.3) is 0 Å². The van der Waals surface area contributed by atoms with Crippen LogP contribution in [0, 0.1) is 6.92 Å². The van der Waals surface area contributed by atoms with Crippen molar-refractivity contribution in [2.75, 3.05) is 19.6 Å². The van der Waals surface area contributed by atoms with E-state index < -0.39 is 0 Å². The summed E-state index contributed by atoms with van der Waals surface area (Å²) in [6, 6.07) is 8.17. The molecule has 1 fully saturated rings. The molecule has 3 heterocycles. The number of nitrogens with one attached hydrogen (secondary N) is 1. The van der Waals surface area contributed by atoms with E-state index in [2.05, 4.69) is 29.4 Å². The maximum atomic E-state index is 12.6. The van der Waals surface area contributed by atoms with Crippen molar-refractivity contribution in [2.45, 2.75) is 38.6 Å². The quantitative estimate of drug-likeness (QED) is 0.931. The molecule has 0 radical (unpaired) electrons. The zero-order chi connectivity index (χ0) is 17.2. The van der Waals surface area contributed by atoms with Gasteiger partial charge in [-0.15, -0.1) is 0 Å². The van der Waals surface area contributed by atoms with Crippen LogP contribution in [-0.2, 0) is 24.2 Å². The Balaban J connectivity index is 1.44. The number of amides is 1. The average Bonchev–Trinajstić information content (AvgIpc) is 3.15. The second-order valence-electron chi connectivity index (χ2n) is 7.12. The van der Waals surface area contributed by atoms with Crippen LogP contribution in [0.3, 0.4) is 0 Å². The molecule has 0 bridgehead atoms. The molecular weight excluding hydrogens is 312 g/mol. The van der Waals surface area contributed by atoms with Gasteiger partial charge in [-0.2, -0.15) is 0 Å². The molecule has 2 aliphatic rings. The van der Waals surface area contributed by atoms with E-state index in [1.54, 1.807) is 0 Å². The van der Waals surface area contributed by atoms with Gasteiger partial charge in [-0.1, -0.05) is 29.8 Å². The highest BCUT2D eigenvalue weighted by Gasteiger charge is 2.25. The van der Waals surface area contributed by atoms with Crippen molar-refractivity contribution in [3.63, 3.8) is 0 Å². The fraction of sp³-hybridized carbons (Fsp3) is 0.450. The van der Waals surface area contributed by atoms with Gasteiger partial charge in [0, 0.05) is 43.7 Å². The van der Waals surface area contributed by atoms with E-state index in [1.165, 1.54) is 5.56 Å². The minimum Gasteiger partial charge on any atom is -0.338 e. The van der Waals surface area contributed by atoms with Gasteiger partial charge in [0.1, 0.15) is 5.82 Å². The van der Waals surface area contributed by atoms with Gasteiger partial charge in [0.05, 0.1) is 12.1 Å². The third-order valence-electron chi connectivity index (χ3n) is 5.17. The molecule has 0 spiro atoms. The normalized spacial score (nSPS) is 19.7. The molecule has 0 saturated carbocycles. The lowest BCUT2D eigenvalue weighted by molar-refractivity contribution is -0.131. The molecule has 5 heteroatoms. The van der Waals surface area contributed by atoms with Crippen LogP contribution in [0.1, 0.15) is 40.5 Å². The summed E-state index contributed by atoms with van der Waals surface area (Å²) in [5, 5.41) is 3.37. The molecule has 2 aliphatic heterocycles. The standard InChI is InChI=1S/C20H24N4O/c1-14-3-2-4-15(9-14)10-19(25)24-8-6-18-17(13-24)12-22-20(23-18)16-5-7-21-11-16/h2-4,9,12,16,21H,5-8,10-11,13H2,1H3. The fourth-order valence-corrected chi connectivity index (χ4v) is 3.72. The van der Waals surface area contributed by atoms with Crippen LogP contribution in [0.15, 0.2) is 30.5 Å². The predicted molar refractivity (Wildman–Crippen MR) is 96.3 cm³/mol. The molecule has 130 valence electrons. The molecular formula is C20H24N4O. The minimum atomic E-state index is 0.181. The van der Waals surface area contributed by atoms with Gasteiger partial charge < -0.3 is 10.2 Å². The van der Waals surface area contributed by atoms with Crippen LogP contribution in [0.4, 0.5) is 0 Å². The first-order chi connectivity index (χ1) is 12.2. The van der Waals surface area contributed by atoms with Crippen molar-refractivity contribution in [1.29, 1.82) is 0 Å². The lowest BCUT2D eigenvalue weighted by Crippen LogP contribution is -2.37. The van der Waals surface area contributed by atoms with E-state index in [9.17, 15) is 4.79 Å². The topological polar surface area (TPSA) is 58.1 Å². The fourth-order valence-electron chi connectivity index (χ4n) is 3.72. The lowest BCUT2D eigenvalue weighted by Gasteiger charge is -2.28. The number of aryl methyl sites for hydroxylation is 1. The predicted octanol–water partition coefficient (Wildman–Crippen LogP) is 1.99. The summed E-state index contributed by atoms with van der Waals surface area (Å²) in [5.41, 5.74) is 4.49. The number of hydrogen-bond donors (Lipinski definition) is 1. The highest BCUT2D eigenvalue weighted by Crippen LogP contribution is 2.23. The molecule has 0 aliphatic carbocycles. The first-order valence-corrected chi connectivity index (χ1v) is 9.08. The SMILES string of the molecule is Cc1cccc(CC(=O)N2CCc3nc(C4CCNC4)ncc3C2)c1. The van der Waals surface area contributed by atoms with Crippen molar-refractivity contribution in [3.05, 3.63) is 58.7 Å². The molecule has 1 aromatic carbocycles. The average molecular weight is 336 g/mol. The number of hydrogen-bond acceptors (Lipinski definition) is 4. The van der Waals surface area contributed by atoms with Gasteiger partial charge in [-0.3, -0.25) is 4.79 Å². The summed E-state index contributed by atoms with van der Waals surface area (Å²) < 4.78 is 0. The minimum absolute atomic E-state index is 0.181. The molecule has 1 saturated heterocycles. The zero-order valence-corrected chi connectivity index (χ0v) is 14.7. The van der Waals surface area contributed by atoms with Gasteiger partial charge in [0.15, 0.2) is 0 Å². The Kier molecular flexibility index (Phi) is 4.49. The van der Waals surface area contributed by atoms with E-state index in [1.807, 2.05) is 23.2 Å². The van der Waals surface area contributed by atoms with Crippen LogP contribution >= 0.6 is 0 Å². The highest BCUT2D eigenvalue weighted by atomic mass is 16.2. The van der Waals surface area contributed by atoms with Gasteiger partial charge in [-0.25, -0.2) is 9.97 Å². The maximum absolute atomic E-state index is 12.6. The van der Waals surface area contributed by atoms with Gasteiger partial charge >= 0.3 is 0 Å². The number of rotatable bonds is 3. The van der Waals surface area contributed by atoms with Crippen molar-refractivity contribution >= 4 is 5.91 Å². The molecule has 4 rings (SSSR count). The molecule has 1 atom stereocenters. The Morgan fingerprint density at radius 2 is 2.32 bits per heavy atom. The number of fused-ring (bicyclic) bond motifs is 1. The van der Waals surface area contributed by atoms with E-state index in [-0.39, 0.29) is 5.91 Å². The third-order valence-corrected chi connectivity index (χ3v) is 5.17. The summed E-state index contributed by atoms with van der Waals surface area (Å²) in [5.74, 6) is 1.58. The molecule has 1 unspecified atom stereocenters. The van der Waals surface area contributed by atoms with Crippen LogP contribution in [0.2, 0.25) is 0 Å². The van der Waals surface area contributed by atoms with Gasteiger partial charge in [-0.05, 0) is 25.5 Å². The highest BCUT2D eigenvalue weighted by molar-refractivity contribution is 5.79. The van der Waals surface area contributed by atoms with Gasteiger partial charge in [0.25, 0.3) is 0 Å². The van der Waals surface area contributed by atoms with Crippen LogP contribution in [-0.4, -0.2) is 40.4 Å². The van der Waals surface area contributed by atoms with Crippen molar-refractivity contribution in [3.8, 4) is 0 Å². The number of carbonyl (C=O) groups excluding carboxylic acids is 1. The zero-order valence-electron chi connectivity index (χ0n) is 14.7. The van der Waals surface area contributed by atoms with E-state index in [4.69, 9.17) is 4.98 Å². The Hall–Kier alpha value is -2.27. The summed E-state index contributed by atoms with van der Waals surface area (Å²) >= 11 is 0. The molecule has 2 aromatic rings. The van der Waals surface area contributed by atoms with E-state index >= 15 is 0 Å². The Morgan fingerprint density at radius 3 is 3.12 bits per heavy atom. The number of aromatic nitrogens is 2. The first-order valence-electron chi connectivity index (χ1n) is 9.08. The van der Waals surface area contributed by atoms with E-state index in [0.717, 1.165) is 55.1 Å². The summed E-state index contributed by atoms with van der Waals surface area (Å²) in [6.07, 6.45) is 4.33. The van der Waals surface area contributed by atoms with Gasteiger partial charge in [0.2, 0.25) is 5.91 Å². The first kappa shape index (κ1) is 16.2. The van der Waals surface area contributed by atoms with Crippen molar-refractivity contribution < 1.29 is 4.79 Å². The Labute approximate surface area is 148 Å². The lowest BCUT2D eigenvalue weighted by atomic mass is 10.0. The summed E-state index contributed by atoms with van der Waals surface area (Å²) in [4.78, 5) is 23.9. The number of benzene rings is 1. The summed E-state index contributed by atoms with van der Waals surface area (Å²) in [6.45, 7) is 5.45. The van der Waals surface area contributed by atoms with Crippen molar-refractivity contribution in [2.24, 2.45) is 0 Å². The van der Waals surface area contributed by atoms with Crippen LogP contribution < -0.4 is 5.32 Å². The molecule has 5 nitrogen and oxygen atoms in total. The summed E-state index contributed by atoms with van der Waals surface area (Å²) in [7, 11) is 0. The monoisotopic (exact) mass is 336 g/mol. The molecule has 1 amide bonds. The smallest absolute Gasteiger partial charge is 0.227 e. The third kappa shape index (κ3) is 3.56. The molecule has 1 N–H and O–H groups in total. The van der Waals surface area contributed by atoms with Crippen molar-refractivity contribution in [1.82, 2.24) is 20.2 Å². The Morgan fingerprint density at radius 1 is 1.40 bits per heavy atom. The maximum Gasteiger partial charge on any atom is 0.227 e. The number of carbonyl (C=O) groups is 1. The Bertz CT molecular complexity index is 783. The largest absolute Gasteiger partial charge is 0.338 e. The number of nitrogens with zero attached hydrogens (tertiary/aromatic N) is 3. The van der Waals surface area contributed by atoms with E-state index in [0.29, 0.717) is 18.9 Å². The second-order valence-corrected chi connectivity index (χ2v) is 7.12. The molecule has 1 aromatic heterocycles. The molecule has 25 heavy (non-hydrogen) atoms.